The van der Waals surface area contributed by atoms with Crippen LogP contribution in [0, 0.1) is 23.2 Å². The van der Waals surface area contributed by atoms with E-state index in [9.17, 15) is 10.2 Å². The predicted molar refractivity (Wildman–Crippen MR) is 63.4 cm³/mol. The summed E-state index contributed by atoms with van der Waals surface area (Å²) in [5.41, 5.74) is 0.0142. The fraction of sp³-hybridized carbons (Fsp3) is 1.00. The molecule has 0 amide bonds. The van der Waals surface area contributed by atoms with Crippen molar-refractivity contribution in [1.29, 1.82) is 0 Å². The van der Waals surface area contributed by atoms with Gasteiger partial charge in [-0.1, -0.05) is 13.8 Å². The van der Waals surface area contributed by atoms with Gasteiger partial charge in [0.2, 0.25) is 12.1 Å². The first-order chi connectivity index (χ1) is 8.25. The first-order valence-electron chi connectivity index (χ1n) is 7.01. The molecule has 4 fully saturated rings. The van der Waals surface area contributed by atoms with Gasteiger partial charge in [0.25, 0.3) is 0 Å². The summed E-state index contributed by atoms with van der Waals surface area (Å²) in [7, 11) is 0. The van der Waals surface area contributed by atoms with Crippen molar-refractivity contribution in [2.24, 2.45) is 23.2 Å². The van der Waals surface area contributed by atoms with Gasteiger partial charge in [-0.25, -0.2) is 0 Å². The second kappa shape index (κ2) is 2.95. The van der Waals surface area contributed by atoms with E-state index in [1.54, 1.807) is 0 Å². The number of fused-ring (bicyclic) bond motifs is 4. The zero-order chi connectivity index (χ0) is 12.9. The molecule has 7 unspecified atom stereocenters. The summed E-state index contributed by atoms with van der Waals surface area (Å²) in [5.74, 6) is -0.675. The number of aliphatic hydroxyl groups excluding tert-OH is 1. The van der Waals surface area contributed by atoms with Gasteiger partial charge in [0, 0.05) is 5.92 Å². The summed E-state index contributed by atoms with van der Waals surface area (Å²) in [4.78, 5) is 0. The third-order valence-electron chi connectivity index (χ3n) is 5.87. The lowest BCUT2D eigenvalue weighted by Crippen LogP contribution is -2.48. The SMILES string of the molecule is CC1(C)CC2C3OC(O)C4(O)OC(C)(CC34)C2C1. The summed E-state index contributed by atoms with van der Waals surface area (Å²) in [6, 6.07) is 0. The zero-order valence-corrected chi connectivity index (χ0v) is 11.2. The van der Waals surface area contributed by atoms with E-state index in [1.807, 2.05) is 0 Å². The molecule has 4 nitrogen and oxygen atoms in total. The Kier molecular flexibility index (Phi) is 1.91. The Balaban J connectivity index is 1.79. The average Bonchev–Trinajstić information content (AvgIpc) is 2.76. The lowest BCUT2D eigenvalue weighted by molar-refractivity contribution is -0.319. The van der Waals surface area contributed by atoms with Crippen molar-refractivity contribution in [2.45, 2.75) is 63.8 Å². The molecule has 0 aromatic carbocycles. The molecule has 0 spiro atoms. The number of hydrogen-bond donors (Lipinski definition) is 2. The molecular weight excluding hydrogens is 232 g/mol. The second-order valence-corrected chi connectivity index (χ2v) is 7.77. The average molecular weight is 254 g/mol. The van der Waals surface area contributed by atoms with E-state index in [4.69, 9.17) is 9.47 Å². The van der Waals surface area contributed by atoms with Gasteiger partial charge in [0.15, 0.2) is 0 Å². The van der Waals surface area contributed by atoms with Crippen molar-refractivity contribution < 1.29 is 19.7 Å². The fourth-order valence-corrected chi connectivity index (χ4v) is 5.25. The lowest BCUT2D eigenvalue weighted by atomic mass is 9.67. The van der Waals surface area contributed by atoms with Crippen molar-refractivity contribution in [3.8, 4) is 0 Å². The Hall–Kier alpha value is -0.160. The molecular formula is C14H22O4. The highest BCUT2D eigenvalue weighted by molar-refractivity contribution is 5.16. The maximum Gasteiger partial charge on any atom is 0.224 e. The monoisotopic (exact) mass is 254 g/mol. The molecule has 2 heterocycles. The van der Waals surface area contributed by atoms with Crippen molar-refractivity contribution in [1.82, 2.24) is 0 Å². The first kappa shape index (κ1) is 11.6. The van der Waals surface area contributed by atoms with Crippen LogP contribution in [-0.4, -0.2) is 34.0 Å². The van der Waals surface area contributed by atoms with Gasteiger partial charge >= 0.3 is 0 Å². The van der Waals surface area contributed by atoms with E-state index >= 15 is 0 Å². The van der Waals surface area contributed by atoms with Crippen LogP contribution >= 0.6 is 0 Å². The topological polar surface area (TPSA) is 58.9 Å². The van der Waals surface area contributed by atoms with E-state index in [2.05, 4.69) is 20.8 Å². The molecule has 7 atom stereocenters. The van der Waals surface area contributed by atoms with Crippen LogP contribution < -0.4 is 0 Å². The molecule has 2 saturated carbocycles. The largest absolute Gasteiger partial charge is 0.364 e. The quantitative estimate of drug-likeness (QED) is 0.683. The van der Waals surface area contributed by atoms with Gasteiger partial charge in [0.1, 0.15) is 0 Å². The minimum atomic E-state index is -1.46. The first-order valence-corrected chi connectivity index (χ1v) is 7.01. The van der Waals surface area contributed by atoms with Crippen LogP contribution in [0.2, 0.25) is 0 Å². The van der Waals surface area contributed by atoms with Gasteiger partial charge in [-0.05, 0) is 43.4 Å². The third-order valence-corrected chi connectivity index (χ3v) is 5.87. The zero-order valence-electron chi connectivity index (χ0n) is 11.2. The lowest BCUT2D eigenvalue weighted by Gasteiger charge is -2.42. The molecule has 4 aliphatic rings. The van der Waals surface area contributed by atoms with Crippen molar-refractivity contribution >= 4 is 0 Å². The Morgan fingerprint density at radius 3 is 2.50 bits per heavy atom. The minimum Gasteiger partial charge on any atom is -0.364 e. The molecule has 2 N–H and O–H groups in total. The smallest absolute Gasteiger partial charge is 0.224 e. The maximum atomic E-state index is 10.5. The van der Waals surface area contributed by atoms with Gasteiger partial charge in [-0.3, -0.25) is 0 Å². The normalized spacial score (nSPS) is 64.2. The summed E-state index contributed by atoms with van der Waals surface area (Å²) in [6.45, 7) is 6.69. The van der Waals surface area contributed by atoms with Crippen LogP contribution in [0.25, 0.3) is 0 Å². The molecule has 2 aliphatic heterocycles. The fourth-order valence-electron chi connectivity index (χ4n) is 5.25. The third kappa shape index (κ3) is 1.16. The van der Waals surface area contributed by atoms with Gasteiger partial charge in [-0.15, -0.1) is 0 Å². The van der Waals surface area contributed by atoms with Gasteiger partial charge < -0.3 is 19.7 Å². The Morgan fingerprint density at radius 1 is 1.06 bits per heavy atom. The molecule has 102 valence electrons. The molecule has 2 saturated heterocycles. The summed E-state index contributed by atoms with van der Waals surface area (Å²) >= 11 is 0. The molecule has 4 heteroatoms. The molecule has 4 rings (SSSR count). The number of ether oxygens (including phenoxy) is 2. The summed E-state index contributed by atoms with van der Waals surface area (Å²) in [5, 5.41) is 20.5. The highest BCUT2D eigenvalue weighted by Crippen LogP contribution is 2.66. The van der Waals surface area contributed by atoms with E-state index in [0.29, 0.717) is 17.3 Å². The van der Waals surface area contributed by atoms with Crippen molar-refractivity contribution in [3.63, 3.8) is 0 Å². The van der Waals surface area contributed by atoms with Crippen LogP contribution in [-0.2, 0) is 9.47 Å². The molecule has 2 bridgehead atoms. The highest BCUT2D eigenvalue weighted by Gasteiger charge is 2.74. The number of hydrogen-bond acceptors (Lipinski definition) is 4. The van der Waals surface area contributed by atoms with Crippen molar-refractivity contribution in [3.05, 3.63) is 0 Å². The molecule has 0 aromatic rings. The summed E-state index contributed by atoms with van der Waals surface area (Å²) < 4.78 is 11.6. The Morgan fingerprint density at radius 2 is 1.78 bits per heavy atom. The Bertz CT molecular complexity index is 409. The molecule has 18 heavy (non-hydrogen) atoms. The number of rotatable bonds is 0. The van der Waals surface area contributed by atoms with Gasteiger partial charge in [-0.2, -0.15) is 0 Å². The minimum absolute atomic E-state index is 0.0349. The summed E-state index contributed by atoms with van der Waals surface area (Å²) in [6.07, 6.45) is 1.81. The van der Waals surface area contributed by atoms with E-state index < -0.39 is 12.1 Å². The molecule has 0 radical (unpaired) electrons. The van der Waals surface area contributed by atoms with Crippen molar-refractivity contribution in [2.75, 3.05) is 0 Å². The number of aliphatic hydroxyl groups is 2. The molecule has 2 aliphatic carbocycles. The highest BCUT2D eigenvalue weighted by atomic mass is 16.7. The molecule has 0 aromatic heterocycles. The van der Waals surface area contributed by atoms with Gasteiger partial charge in [0.05, 0.1) is 11.7 Å². The van der Waals surface area contributed by atoms with E-state index in [1.165, 1.54) is 0 Å². The second-order valence-electron chi connectivity index (χ2n) is 7.77. The van der Waals surface area contributed by atoms with E-state index in [0.717, 1.165) is 19.3 Å². The van der Waals surface area contributed by atoms with Crippen LogP contribution in [0.4, 0.5) is 0 Å². The standard InChI is InChI=1S/C14H22O4/c1-12(2)4-7-8(5-12)13(3)6-9-10(7)17-11(15)14(9,16)18-13/h7-11,15-16H,4-6H2,1-3H3. The van der Waals surface area contributed by atoms with Crippen LogP contribution in [0.3, 0.4) is 0 Å². The maximum absolute atomic E-state index is 10.5. The van der Waals surface area contributed by atoms with Crippen LogP contribution in [0.15, 0.2) is 0 Å². The van der Waals surface area contributed by atoms with Crippen LogP contribution in [0.5, 0.6) is 0 Å². The predicted octanol–water partition coefficient (Wildman–Crippen LogP) is 1.25. The van der Waals surface area contributed by atoms with E-state index in [-0.39, 0.29) is 17.6 Å². The Labute approximate surface area is 107 Å². The van der Waals surface area contributed by atoms with Crippen LogP contribution in [0.1, 0.15) is 40.0 Å².